The van der Waals surface area contributed by atoms with Gasteiger partial charge in [0.1, 0.15) is 6.04 Å². The van der Waals surface area contributed by atoms with Gasteiger partial charge in [-0.15, -0.1) is 0 Å². The predicted octanol–water partition coefficient (Wildman–Crippen LogP) is 4.08. The molecule has 0 spiro atoms. The van der Waals surface area contributed by atoms with E-state index in [0.29, 0.717) is 25.4 Å². The van der Waals surface area contributed by atoms with Gasteiger partial charge in [0.05, 0.1) is 6.42 Å². The van der Waals surface area contributed by atoms with Crippen LogP contribution in [0.15, 0.2) is 48.5 Å². The summed E-state index contributed by atoms with van der Waals surface area (Å²) >= 11 is 0. The van der Waals surface area contributed by atoms with Gasteiger partial charge in [0.25, 0.3) is 0 Å². The Bertz CT molecular complexity index is 815. The zero-order chi connectivity index (χ0) is 21.4. The summed E-state index contributed by atoms with van der Waals surface area (Å²) in [5.74, 6) is 0.262. The quantitative estimate of drug-likeness (QED) is 0.697. The molecule has 2 amide bonds. The fraction of sp³-hybridized carbons (Fsp3) is 0.440. The van der Waals surface area contributed by atoms with Gasteiger partial charge in [-0.2, -0.15) is 0 Å². The average molecular weight is 395 g/mol. The van der Waals surface area contributed by atoms with Crippen molar-refractivity contribution < 1.29 is 9.59 Å². The highest BCUT2D eigenvalue weighted by Crippen LogP contribution is 2.14. The molecule has 0 heterocycles. The van der Waals surface area contributed by atoms with Crippen molar-refractivity contribution in [3.8, 4) is 0 Å². The molecule has 4 heteroatoms. The van der Waals surface area contributed by atoms with E-state index >= 15 is 0 Å². The zero-order valence-corrected chi connectivity index (χ0v) is 18.4. The number of hydrogen-bond acceptors (Lipinski definition) is 2. The van der Waals surface area contributed by atoms with Crippen molar-refractivity contribution in [2.75, 3.05) is 13.1 Å². The first-order valence-electron chi connectivity index (χ1n) is 10.4. The maximum absolute atomic E-state index is 13.2. The average Bonchev–Trinajstić information content (AvgIpc) is 2.69. The largest absolute Gasteiger partial charge is 0.354 e. The summed E-state index contributed by atoms with van der Waals surface area (Å²) in [6.45, 7) is 11.1. The third-order valence-corrected chi connectivity index (χ3v) is 5.18. The van der Waals surface area contributed by atoms with Gasteiger partial charge >= 0.3 is 0 Å². The van der Waals surface area contributed by atoms with E-state index in [0.717, 1.165) is 28.7 Å². The maximum atomic E-state index is 13.2. The first kappa shape index (κ1) is 22.7. The number of rotatable bonds is 9. The molecule has 2 rings (SSSR count). The van der Waals surface area contributed by atoms with Crippen LogP contribution in [-0.4, -0.2) is 35.8 Å². The number of benzene rings is 2. The second-order valence-electron chi connectivity index (χ2n) is 8.24. The van der Waals surface area contributed by atoms with Crippen LogP contribution in [-0.2, 0) is 22.4 Å². The molecule has 29 heavy (non-hydrogen) atoms. The number of carbonyl (C=O) groups is 2. The summed E-state index contributed by atoms with van der Waals surface area (Å²) in [4.78, 5) is 27.6. The molecule has 1 N–H and O–H groups in total. The van der Waals surface area contributed by atoms with E-state index in [9.17, 15) is 9.59 Å². The molecule has 0 aliphatic heterocycles. The van der Waals surface area contributed by atoms with Gasteiger partial charge in [-0.1, -0.05) is 67.9 Å². The standard InChI is InChI=1S/C25H34N2O2/c1-18(2)17-26-25(29)21(5)27(14-13-22-9-7-6-8-10-22)24(28)16-23-15-19(3)11-12-20(23)4/h6-12,15,18,21H,13-14,16-17H2,1-5H3,(H,26,29). The van der Waals surface area contributed by atoms with Crippen LogP contribution in [0.4, 0.5) is 0 Å². The van der Waals surface area contributed by atoms with Crippen LogP contribution in [0.1, 0.15) is 43.0 Å². The first-order chi connectivity index (χ1) is 13.8. The second-order valence-corrected chi connectivity index (χ2v) is 8.24. The molecule has 0 bridgehead atoms. The summed E-state index contributed by atoms with van der Waals surface area (Å²) in [6.07, 6.45) is 1.03. The lowest BCUT2D eigenvalue weighted by molar-refractivity contribution is -0.139. The van der Waals surface area contributed by atoms with Crippen LogP contribution in [0.2, 0.25) is 0 Å². The van der Waals surface area contributed by atoms with E-state index in [1.54, 1.807) is 4.90 Å². The molecule has 156 valence electrons. The molecule has 0 saturated heterocycles. The van der Waals surface area contributed by atoms with E-state index in [1.165, 1.54) is 0 Å². The van der Waals surface area contributed by atoms with Crippen LogP contribution in [0.5, 0.6) is 0 Å². The Morgan fingerprint density at radius 1 is 1.00 bits per heavy atom. The molecule has 1 atom stereocenters. The minimum absolute atomic E-state index is 0.0122. The Labute approximate surface area is 175 Å². The van der Waals surface area contributed by atoms with Crippen LogP contribution in [0.25, 0.3) is 0 Å². The van der Waals surface area contributed by atoms with Crippen molar-refractivity contribution in [1.29, 1.82) is 0 Å². The molecule has 2 aromatic carbocycles. The number of carbonyl (C=O) groups excluding carboxylic acids is 2. The van der Waals surface area contributed by atoms with Crippen molar-refractivity contribution in [1.82, 2.24) is 10.2 Å². The van der Waals surface area contributed by atoms with Crippen LogP contribution >= 0.6 is 0 Å². The first-order valence-corrected chi connectivity index (χ1v) is 10.4. The van der Waals surface area contributed by atoms with Crippen molar-refractivity contribution >= 4 is 11.8 Å². The fourth-order valence-corrected chi connectivity index (χ4v) is 3.28. The van der Waals surface area contributed by atoms with E-state index in [4.69, 9.17) is 0 Å². The van der Waals surface area contributed by atoms with Gasteiger partial charge in [-0.05, 0) is 49.8 Å². The van der Waals surface area contributed by atoms with Crippen LogP contribution < -0.4 is 5.32 Å². The predicted molar refractivity (Wildman–Crippen MR) is 119 cm³/mol. The maximum Gasteiger partial charge on any atom is 0.242 e. The van der Waals surface area contributed by atoms with Gasteiger partial charge in [0, 0.05) is 13.1 Å². The number of nitrogens with zero attached hydrogens (tertiary/aromatic N) is 1. The summed E-state index contributed by atoms with van der Waals surface area (Å²) < 4.78 is 0. The number of hydrogen-bond donors (Lipinski definition) is 1. The molecule has 4 nitrogen and oxygen atoms in total. The Morgan fingerprint density at radius 2 is 1.69 bits per heavy atom. The lowest BCUT2D eigenvalue weighted by Crippen LogP contribution is -2.49. The van der Waals surface area contributed by atoms with Crippen molar-refractivity contribution in [2.45, 2.75) is 53.5 Å². The molecule has 0 aliphatic carbocycles. The Kier molecular flexibility index (Phi) is 8.44. The molecular weight excluding hydrogens is 360 g/mol. The number of aryl methyl sites for hydroxylation is 2. The summed E-state index contributed by atoms with van der Waals surface area (Å²) in [5.41, 5.74) is 4.42. The van der Waals surface area contributed by atoms with Crippen molar-refractivity contribution in [2.24, 2.45) is 5.92 Å². The highest BCUT2D eigenvalue weighted by atomic mass is 16.2. The summed E-state index contributed by atoms with van der Waals surface area (Å²) in [5, 5.41) is 2.97. The topological polar surface area (TPSA) is 49.4 Å². The van der Waals surface area contributed by atoms with E-state index in [1.807, 2.05) is 45.0 Å². The molecule has 1 unspecified atom stereocenters. The Balaban J connectivity index is 2.16. The van der Waals surface area contributed by atoms with Crippen molar-refractivity contribution in [3.05, 3.63) is 70.8 Å². The normalized spacial score (nSPS) is 11.9. The Hall–Kier alpha value is -2.62. The van der Waals surface area contributed by atoms with Gasteiger partial charge in [-0.3, -0.25) is 9.59 Å². The van der Waals surface area contributed by atoms with Crippen LogP contribution in [0, 0.1) is 19.8 Å². The van der Waals surface area contributed by atoms with Gasteiger partial charge in [0.2, 0.25) is 11.8 Å². The third-order valence-electron chi connectivity index (χ3n) is 5.18. The van der Waals surface area contributed by atoms with Crippen LogP contribution in [0.3, 0.4) is 0 Å². The smallest absolute Gasteiger partial charge is 0.242 e. The van der Waals surface area contributed by atoms with E-state index in [2.05, 4.69) is 43.4 Å². The van der Waals surface area contributed by atoms with Gasteiger partial charge in [-0.25, -0.2) is 0 Å². The molecule has 0 aliphatic rings. The SMILES string of the molecule is Cc1ccc(C)c(CC(=O)N(CCc2ccccc2)C(C)C(=O)NCC(C)C)c1. The highest BCUT2D eigenvalue weighted by molar-refractivity contribution is 5.88. The summed E-state index contributed by atoms with van der Waals surface area (Å²) in [6, 6.07) is 15.7. The minimum Gasteiger partial charge on any atom is -0.354 e. The number of nitrogens with one attached hydrogen (secondary N) is 1. The third kappa shape index (κ3) is 7.04. The van der Waals surface area contributed by atoms with E-state index < -0.39 is 6.04 Å². The fourth-order valence-electron chi connectivity index (χ4n) is 3.28. The summed E-state index contributed by atoms with van der Waals surface area (Å²) in [7, 11) is 0. The molecule has 2 aromatic rings. The number of amides is 2. The zero-order valence-electron chi connectivity index (χ0n) is 18.4. The molecule has 0 fully saturated rings. The Morgan fingerprint density at radius 3 is 2.34 bits per heavy atom. The highest BCUT2D eigenvalue weighted by Gasteiger charge is 2.26. The van der Waals surface area contributed by atoms with E-state index in [-0.39, 0.29) is 11.8 Å². The molecule has 0 saturated carbocycles. The lowest BCUT2D eigenvalue weighted by Gasteiger charge is -2.29. The second kappa shape index (κ2) is 10.8. The monoisotopic (exact) mass is 394 g/mol. The minimum atomic E-state index is -0.505. The van der Waals surface area contributed by atoms with Gasteiger partial charge in [0.15, 0.2) is 0 Å². The molecule has 0 aromatic heterocycles. The lowest BCUT2D eigenvalue weighted by atomic mass is 10.0. The molecular formula is C25H34N2O2. The van der Waals surface area contributed by atoms with Crippen molar-refractivity contribution in [3.63, 3.8) is 0 Å². The van der Waals surface area contributed by atoms with Gasteiger partial charge < -0.3 is 10.2 Å². The molecule has 0 radical (unpaired) electrons.